The molecule has 2 heterocycles. The van der Waals surface area contributed by atoms with Gasteiger partial charge in [0.1, 0.15) is 4.88 Å². The molecule has 0 radical (unpaired) electrons. The molecule has 7 nitrogen and oxygen atoms in total. The third-order valence-electron chi connectivity index (χ3n) is 3.97. The maximum atomic E-state index is 12.5. The van der Waals surface area contributed by atoms with Crippen molar-refractivity contribution in [3.8, 4) is 0 Å². The maximum absolute atomic E-state index is 12.5. The molecular weight excluding hydrogens is 384 g/mol. The zero-order valence-electron chi connectivity index (χ0n) is 14.9. The lowest BCUT2D eigenvalue weighted by Crippen LogP contribution is -2.37. The molecule has 1 aromatic heterocycles. The minimum Gasteiger partial charge on any atom is -0.349 e. The molecule has 1 saturated heterocycles. The van der Waals surface area contributed by atoms with Crippen LogP contribution in [-0.4, -0.2) is 44.6 Å². The van der Waals surface area contributed by atoms with Gasteiger partial charge in [-0.25, -0.2) is 0 Å². The molecule has 1 aromatic carbocycles. The van der Waals surface area contributed by atoms with E-state index in [1.54, 1.807) is 6.08 Å². The highest BCUT2D eigenvalue weighted by Gasteiger charge is 2.34. The Hall–Kier alpha value is -2.52. The predicted molar refractivity (Wildman–Crippen MR) is 105 cm³/mol. The van der Waals surface area contributed by atoms with Gasteiger partial charge in [0.2, 0.25) is 0 Å². The van der Waals surface area contributed by atoms with Crippen molar-refractivity contribution >= 4 is 46.4 Å². The van der Waals surface area contributed by atoms with E-state index in [1.165, 1.54) is 0 Å². The number of benzene rings is 1. The monoisotopic (exact) mass is 402 g/mol. The van der Waals surface area contributed by atoms with Crippen LogP contribution in [0.15, 0.2) is 29.2 Å². The summed E-state index contributed by atoms with van der Waals surface area (Å²) in [5, 5.41) is 6.28. The minimum atomic E-state index is -0.339. The van der Waals surface area contributed by atoms with Crippen LogP contribution in [0.1, 0.15) is 33.4 Å². The van der Waals surface area contributed by atoms with E-state index in [2.05, 4.69) is 14.9 Å². The van der Waals surface area contributed by atoms with Gasteiger partial charge in [-0.15, -0.1) is 5.10 Å². The van der Waals surface area contributed by atoms with Gasteiger partial charge in [-0.05, 0) is 48.3 Å². The van der Waals surface area contributed by atoms with Crippen molar-refractivity contribution in [1.29, 1.82) is 0 Å². The first-order valence-electron chi connectivity index (χ1n) is 8.41. The van der Waals surface area contributed by atoms with Gasteiger partial charge >= 0.3 is 0 Å². The number of aromatic nitrogens is 2. The van der Waals surface area contributed by atoms with Crippen LogP contribution in [-0.2, 0) is 11.2 Å². The first-order chi connectivity index (χ1) is 13.0. The number of rotatable bonds is 6. The predicted octanol–water partition coefficient (Wildman–Crippen LogP) is 2.88. The van der Waals surface area contributed by atoms with Crippen LogP contribution in [0.2, 0.25) is 0 Å². The number of nitrogens with one attached hydrogen (secondary N) is 1. The summed E-state index contributed by atoms with van der Waals surface area (Å²) in [5.41, 5.74) is 2.63. The van der Waals surface area contributed by atoms with Crippen molar-refractivity contribution < 1.29 is 14.4 Å². The fourth-order valence-corrected chi connectivity index (χ4v) is 4.01. The number of nitrogens with zero attached hydrogens (tertiary/aromatic N) is 3. The van der Waals surface area contributed by atoms with E-state index in [9.17, 15) is 14.4 Å². The fourth-order valence-electron chi connectivity index (χ4n) is 2.48. The van der Waals surface area contributed by atoms with Crippen LogP contribution < -0.4 is 5.32 Å². The van der Waals surface area contributed by atoms with Gasteiger partial charge in [0.15, 0.2) is 0 Å². The molecule has 3 rings (SSSR count). The second kappa shape index (κ2) is 8.45. The van der Waals surface area contributed by atoms with Crippen molar-refractivity contribution in [2.24, 2.45) is 0 Å². The molecule has 0 atom stereocenters. The SMILES string of the molecule is CCc1nnsc1C(=O)NCCN1C(=O)S/C(=C\c2ccc(C)cc2)C1=O. The zero-order valence-corrected chi connectivity index (χ0v) is 16.5. The van der Waals surface area contributed by atoms with E-state index < -0.39 is 0 Å². The highest BCUT2D eigenvalue weighted by atomic mass is 32.2. The Morgan fingerprint density at radius 1 is 1.26 bits per heavy atom. The summed E-state index contributed by atoms with van der Waals surface area (Å²) in [6.07, 6.45) is 2.32. The molecule has 1 aliphatic rings. The van der Waals surface area contributed by atoms with Crippen LogP contribution in [0.4, 0.5) is 4.79 Å². The summed E-state index contributed by atoms with van der Waals surface area (Å²) in [6, 6.07) is 7.70. The third-order valence-corrected chi connectivity index (χ3v) is 5.64. The Labute approximate surface area is 165 Å². The van der Waals surface area contributed by atoms with Crippen molar-refractivity contribution in [3.05, 3.63) is 50.9 Å². The third kappa shape index (κ3) is 4.42. The van der Waals surface area contributed by atoms with Crippen LogP contribution in [0.5, 0.6) is 0 Å². The van der Waals surface area contributed by atoms with E-state index in [1.807, 2.05) is 38.1 Å². The maximum Gasteiger partial charge on any atom is 0.293 e. The van der Waals surface area contributed by atoms with E-state index in [0.29, 0.717) is 21.9 Å². The lowest BCUT2D eigenvalue weighted by molar-refractivity contribution is -0.122. The van der Waals surface area contributed by atoms with Gasteiger partial charge in [-0.1, -0.05) is 41.2 Å². The summed E-state index contributed by atoms with van der Waals surface area (Å²) in [6.45, 7) is 4.18. The number of carbonyl (C=O) groups excluding carboxylic acids is 3. The van der Waals surface area contributed by atoms with Crippen LogP contribution in [0.25, 0.3) is 6.08 Å². The van der Waals surface area contributed by atoms with Gasteiger partial charge < -0.3 is 5.32 Å². The van der Waals surface area contributed by atoms with Crippen molar-refractivity contribution in [1.82, 2.24) is 19.8 Å². The second-order valence-corrected chi connectivity index (χ2v) is 7.65. The molecule has 1 N–H and O–H groups in total. The molecule has 0 spiro atoms. The summed E-state index contributed by atoms with van der Waals surface area (Å²) >= 11 is 1.95. The lowest BCUT2D eigenvalue weighted by atomic mass is 10.1. The molecule has 9 heteroatoms. The molecule has 0 unspecified atom stereocenters. The molecule has 1 aliphatic heterocycles. The van der Waals surface area contributed by atoms with Gasteiger partial charge in [-0.3, -0.25) is 19.3 Å². The van der Waals surface area contributed by atoms with Crippen molar-refractivity contribution in [2.45, 2.75) is 20.3 Å². The number of hydrogen-bond acceptors (Lipinski definition) is 7. The fraction of sp³-hybridized carbons (Fsp3) is 0.278. The summed E-state index contributed by atoms with van der Waals surface area (Å²) in [4.78, 5) is 38.8. The van der Waals surface area contributed by atoms with Crippen LogP contribution >= 0.6 is 23.3 Å². The molecule has 0 aliphatic carbocycles. The van der Waals surface area contributed by atoms with Gasteiger partial charge in [-0.2, -0.15) is 0 Å². The molecule has 1 fully saturated rings. The second-order valence-electron chi connectivity index (χ2n) is 5.90. The van der Waals surface area contributed by atoms with Crippen LogP contribution in [0, 0.1) is 6.92 Å². The standard InChI is InChI=1S/C18H18N4O3S2/c1-3-13-15(27-21-20-13)16(23)19-8-9-22-17(24)14(26-18(22)25)10-12-6-4-11(2)5-7-12/h4-7,10H,3,8-9H2,1-2H3,(H,19,23)/b14-10-. The Balaban J connectivity index is 1.59. The van der Waals surface area contributed by atoms with Crippen molar-refractivity contribution in [2.75, 3.05) is 13.1 Å². The normalized spacial score (nSPS) is 15.6. The number of carbonyl (C=O) groups is 3. The number of aryl methyl sites for hydroxylation is 2. The Morgan fingerprint density at radius 2 is 2.00 bits per heavy atom. The van der Waals surface area contributed by atoms with E-state index in [4.69, 9.17) is 0 Å². The summed E-state index contributed by atoms with van der Waals surface area (Å²) in [5.74, 6) is -0.627. The zero-order chi connectivity index (χ0) is 19.4. The first kappa shape index (κ1) is 19.2. The summed E-state index contributed by atoms with van der Waals surface area (Å²) in [7, 11) is 0. The van der Waals surface area contributed by atoms with E-state index in [-0.39, 0.29) is 30.1 Å². The number of thioether (sulfide) groups is 1. The van der Waals surface area contributed by atoms with Gasteiger partial charge in [0.25, 0.3) is 17.1 Å². The first-order valence-corrected chi connectivity index (χ1v) is 10.00. The average Bonchev–Trinajstić information content (AvgIpc) is 3.23. The van der Waals surface area contributed by atoms with Gasteiger partial charge in [0.05, 0.1) is 10.6 Å². The van der Waals surface area contributed by atoms with Gasteiger partial charge in [0, 0.05) is 13.1 Å². The van der Waals surface area contributed by atoms with Crippen molar-refractivity contribution in [3.63, 3.8) is 0 Å². The number of imide groups is 1. The molecule has 2 aromatic rings. The summed E-state index contributed by atoms with van der Waals surface area (Å²) < 4.78 is 3.78. The molecule has 140 valence electrons. The topological polar surface area (TPSA) is 92.3 Å². The van der Waals surface area contributed by atoms with Crippen LogP contribution in [0.3, 0.4) is 0 Å². The number of hydrogen-bond donors (Lipinski definition) is 1. The Morgan fingerprint density at radius 3 is 2.70 bits per heavy atom. The average molecular weight is 403 g/mol. The molecular formula is C18H18N4O3S2. The molecule has 0 bridgehead atoms. The highest BCUT2D eigenvalue weighted by Crippen LogP contribution is 2.31. The smallest absolute Gasteiger partial charge is 0.293 e. The molecule has 0 saturated carbocycles. The Bertz CT molecular complexity index is 906. The van der Waals surface area contributed by atoms with E-state index >= 15 is 0 Å². The highest BCUT2D eigenvalue weighted by molar-refractivity contribution is 8.18. The quantitative estimate of drug-likeness (QED) is 0.747. The number of amides is 3. The largest absolute Gasteiger partial charge is 0.349 e. The molecule has 27 heavy (non-hydrogen) atoms. The lowest BCUT2D eigenvalue weighted by Gasteiger charge is -2.12. The Kier molecular flexibility index (Phi) is 6.02. The van der Waals surface area contributed by atoms with E-state index in [0.717, 1.165) is 39.3 Å². The minimum absolute atomic E-state index is 0.120. The molecule has 3 amide bonds.